The van der Waals surface area contributed by atoms with Crippen molar-refractivity contribution in [3.05, 3.63) is 23.4 Å². The lowest BCUT2D eigenvalue weighted by molar-refractivity contribution is -0.138. The Morgan fingerprint density at radius 2 is 2.38 bits per heavy atom. The number of nitriles is 1. The smallest absolute Gasteiger partial charge is 0.303 e. The zero-order valence-corrected chi connectivity index (χ0v) is 12.5. The highest BCUT2D eigenvalue weighted by Gasteiger charge is 2.27. The van der Waals surface area contributed by atoms with Gasteiger partial charge in [0.15, 0.2) is 0 Å². The topological polar surface area (TPSA) is 77.2 Å². The van der Waals surface area contributed by atoms with Crippen molar-refractivity contribution in [2.45, 2.75) is 33.1 Å². The van der Waals surface area contributed by atoms with Gasteiger partial charge in [0.1, 0.15) is 11.9 Å². The molecule has 0 spiro atoms. The molecule has 0 radical (unpaired) electrons. The second-order valence-electron chi connectivity index (χ2n) is 5.86. The number of carboxylic acid groups (broad SMARTS) is 1. The van der Waals surface area contributed by atoms with Crippen LogP contribution in [-0.4, -0.2) is 29.1 Å². The van der Waals surface area contributed by atoms with E-state index >= 15 is 0 Å². The number of piperidine rings is 1. The Hall–Kier alpha value is -2.09. The standard InChI is InChI=1S/C16H21N3O2/c1-11(8-15(20)21)14-4-3-7-19(10-14)16-13(9-17)6-5-12(2)18-16/h5-6,11,14H,3-4,7-8,10H2,1-2H3,(H,20,21). The van der Waals surface area contributed by atoms with Crippen LogP contribution in [0, 0.1) is 30.1 Å². The van der Waals surface area contributed by atoms with Crippen molar-refractivity contribution < 1.29 is 9.90 Å². The fourth-order valence-electron chi connectivity index (χ4n) is 2.98. The Morgan fingerprint density at radius 1 is 1.62 bits per heavy atom. The molecule has 1 fully saturated rings. The van der Waals surface area contributed by atoms with E-state index in [1.807, 2.05) is 26.0 Å². The van der Waals surface area contributed by atoms with Gasteiger partial charge in [-0.3, -0.25) is 4.79 Å². The summed E-state index contributed by atoms with van der Waals surface area (Å²) in [6.07, 6.45) is 2.25. The predicted molar refractivity (Wildman–Crippen MR) is 80.0 cm³/mol. The van der Waals surface area contributed by atoms with Crippen LogP contribution in [0.15, 0.2) is 12.1 Å². The number of pyridine rings is 1. The van der Waals surface area contributed by atoms with Crippen molar-refractivity contribution in [2.24, 2.45) is 11.8 Å². The maximum absolute atomic E-state index is 10.9. The Morgan fingerprint density at radius 3 is 3.05 bits per heavy atom. The molecule has 0 amide bonds. The summed E-state index contributed by atoms with van der Waals surface area (Å²) in [7, 11) is 0. The summed E-state index contributed by atoms with van der Waals surface area (Å²) in [6.45, 7) is 5.57. The molecule has 0 aliphatic carbocycles. The van der Waals surface area contributed by atoms with Crippen LogP contribution in [0.1, 0.15) is 37.4 Å². The second kappa shape index (κ2) is 6.57. The van der Waals surface area contributed by atoms with Crippen LogP contribution >= 0.6 is 0 Å². The Kier molecular flexibility index (Phi) is 4.79. The molecule has 1 aliphatic heterocycles. The summed E-state index contributed by atoms with van der Waals surface area (Å²) < 4.78 is 0. The highest BCUT2D eigenvalue weighted by Crippen LogP contribution is 2.30. The molecule has 0 aromatic carbocycles. The lowest BCUT2D eigenvalue weighted by Gasteiger charge is -2.36. The summed E-state index contributed by atoms with van der Waals surface area (Å²) >= 11 is 0. The Labute approximate surface area is 125 Å². The molecule has 0 saturated carbocycles. The lowest BCUT2D eigenvalue weighted by atomic mass is 9.84. The van der Waals surface area contributed by atoms with Crippen LogP contribution in [0.4, 0.5) is 5.82 Å². The fourth-order valence-corrected chi connectivity index (χ4v) is 2.98. The molecule has 112 valence electrons. The second-order valence-corrected chi connectivity index (χ2v) is 5.86. The third-order valence-electron chi connectivity index (χ3n) is 4.19. The van der Waals surface area contributed by atoms with Gasteiger partial charge in [0.05, 0.1) is 5.56 Å². The highest BCUT2D eigenvalue weighted by atomic mass is 16.4. The van der Waals surface area contributed by atoms with Crippen LogP contribution in [0.25, 0.3) is 0 Å². The number of nitrogens with zero attached hydrogens (tertiary/aromatic N) is 3. The maximum Gasteiger partial charge on any atom is 0.303 e. The predicted octanol–water partition coefficient (Wildman–Crippen LogP) is 2.59. The van der Waals surface area contributed by atoms with E-state index < -0.39 is 5.97 Å². The van der Waals surface area contributed by atoms with E-state index in [1.165, 1.54) is 0 Å². The molecule has 5 heteroatoms. The molecule has 1 aliphatic rings. The SMILES string of the molecule is Cc1ccc(C#N)c(N2CCCC(C(C)CC(=O)O)C2)n1. The van der Waals surface area contributed by atoms with E-state index in [9.17, 15) is 10.1 Å². The van der Waals surface area contributed by atoms with Gasteiger partial charge in [0.25, 0.3) is 0 Å². The van der Waals surface area contributed by atoms with E-state index in [4.69, 9.17) is 5.11 Å². The number of aromatic nitrogens is 1. The van der Waals surface area contributed by atoms with E-state index in [2.05, 4.69) is 16.0 Å². The molecule has 1 saturated heterocycles. The molecule has 2 atom stereocenters. The van der Waals surface area contributed by atoms with Crippen LogP contribution in [0.3, 0.4) is 0 Å². The molecule has 1 aromatic rings. The monoisotopic (exact) mass is 287 g/mol. The van der Waals surface area contributed by atoms with Crippen molar-refractivity contribution in [3.8, 4) is 6.07 Å². The van der Waals surface area contributed by atoms with Crippen LogP contribution < -0.4 is 4.90 Å². The van der Waals surface area contributed by atoms with Gasteiger partial charge >= 0.3 is 5.97 Å². The Balaban J connectivity index is 2.16. The van der Waals surface area contributed by atoms with Crippen molar-refractivity contribution in [1.82, 2.24) is 4.98 Å². The van der Waals surface area contributed by atoms with E-state index in [0.717, 1.165) is 37.4 Å². The van der Waals surface area contributed by atoms with Gasteiger partial charge in [-0.1, -0.05) is 6.92 Å². The molecule has 5 nitrogen and oxygen atoms in total. The van der Waals surface area contributed by atoms with Gasteiger partial charge in [0.2, 0.25) is 0 Å². The summed E-state index contributed by atoms with van der Waals surface area (Å²) in [5.41, 5.74) is 1.48. The zero-order valence-electron chi connectivity index (χ0n) is 12.5. The Bertz CT molecular complexity index is 565. The first-order valence-corrected chi connectivity index (χ1v) is 7.35. The van der Waals surface area contributed by atoms with Gasteiger partial charge in [-0.25, -0.2) is 4.98 Å². The number of carbonyl (C=O) groups is 1. The maximum atomic E-state index is 10.9. The van der Waals surface area contributed by atoms with E-state index in [0.29, 0.717) is 11.5 Å². The van der Waals surface area contributed by atoms with Crippen molar-refractivity contribution >= 4 is 11.8 Å². The third-order valence-corrected chi connectivity index (χ3v) is 4.19. The van der Waals surface area contributed by atoms with Gasteiger partial charge in [-0.2, -0.15) is 5.26 Å². The van der Waals surface area contributed by atoms with Gasteiger partial charge in [-0.15, -0.1) is 0 Å². The minimum Gasteiger partial charge on any atom is -0.481 e. The molecule has 2 rings (SSSR count). The van der Waals surface area contributed by atoms with Gasteiger partial charge < -0.3 is 10.0 Å². The summed E-state index contributed by atoms with van der Waals surface area (Å²) in [5.74, 6) is 0.472. The van der Waals surface area contributed by atoms with Gasteiger partial charge in [0, 0.05) is 25.2 Å². The minimum absolute atomic E-state index is 0.139. The number of rotatable bonds is 4. The van der Waals surface area contributed by atoms with E-state index in [-0.39, 0.29) is 12.3 Å². The number of hydrogen-bond donors (Lipinski definition) is 1. The van der Waals surface area contributed by atoms with Crippen molar-refractivity contribution in [1.29, 1.82) is 5.26 Å². The number of anilines is 1. The third kappa shape index (κ3) is 3.72. The van der Waals surface area contributed by atoms with Crippen molar-refractivity contribution in [2.75, 3.05) is 18.0 Å². The first kappa shape index (κ1) is 15.3. The van der Waals surface area contributed by atoms with Crippen LogP contribution in [-0.2, 0) is 4.79 Å². The molecular weight excluding hydrogens is 266 g/mol. The average Bonchev–Trinajstić information content (AvgIpc) is 2.46. The molecule has 2 heterocycles. The summed E-state index contributed by atoms with van der Waals surface area (Å²) in [5, 5.41) is 18.2. The normalized spacial score (nSPS) is 19.9. The first-order chi connectivity index (χ1) is 10.0. The molecular formula is C16H21N3O2. The van der Waals surface area contributed by atoms with E-state index in [1.54, 1.807) is 0 Å². The van der Waals surface area contributed by atoms with Crippen LogP contribution in [0.5, 0.6) is 0 Å². The average molecular weight is 287 g/mol. The first-order valence-electron chi connectivity index (χ1n) is 7.35. The molecule has 1 N–H and O–H groups in total. The van der Waals surface area contributed by atoms with Crippen molar-refractivity contribution in [3.63, 3.8) is 0 Å². The highest BCUT2D eigenvalue weighted by molar-refractivity contribution is 5.67. The summed E-state index contributed by atoms with van der Waals surface area (Å²) in [6, 6.07) is 5.85. The number of hydrogen-bond acceptors (Lipinski definition) is 4. The largest absolute Gasteiger partial charge is 0.481 e. The molecule has 2 unspecified atom stereocenters. The zero-order chi connectivity index (χ0) is 15.4. The summed E-state index contributed by atoms with van der Waals surface area (Å²) in [4.78, 5) is 17.5. The quantitative estimate of drug-likeness (QED) is 0.921. The molecule has 1 aromatic heterocycles. The lowest BCUT2D eigenvalue weighted by Crippen LogP contribution is -2.39. The number of carboxylic acids is 1. The molecule has 21 heavy (non-hydrogen) atoms. The number of aliphatic carboxylic acids is 1. The van der Waals surface area contributed by atoms with Crippen LogP contribution in [0.2, 0.25) is 0 Å². The fraction of sp³-hybridized carbons (Fsp3) is 0.562. The number of aryl methyl sites for hydroxylation is 1. The molecule has 0 bridgehead atoms. The van der Waals surface area contributed by atoms with Gasteiger partial charge in [-0.05, 0) is 43.7 Å². The minimum atomic E-state index is -0.744.